The van der Waals surface area contributed by atoms with Gasteiger partial charge in [-0.2, -0.15) is 5.10 Å². The van der Waals surface area contributed by atoms with Crippen molar-refractivity contribution in [2.45, 2.75) is 38.6 Å². The first-order chi connectivity index (χ1) is 21.2. The Morgan fingerprint density at radius 2 is 1.86 bits per heavy atom. The predicted octanol–water partition coefficient (Wildman–Crippen LogP) is 4.81. The highest BCUT2D eigenvalue weighted by Crippen LogP contribution is 2.30. The lowest BCUT2D eigenvalue weighted by molar-refractivity contribution is -0.119. The summed E-state index contributed by atoms with van der Waals surface area (Å²) < 4.78 is 4.35. The number of amides is 1. The van der Waals surface area contributed by atoms with E-state index < -0.39 is 12.0 Å². The minimum absolute atomic E-state index is 0.207. The third-order valence-electron chi connectivity index (χ3n) is 7.46. The molecule has 1 aromatic carbocycles. The molecule has 0 spiro atoms. The van der Waals surface area contributed by atoms with Crippen LogP contribution in [0.15, 0.2) is 66.0 Å². The van der Waals surface area contributed by atoms with Gasteiger partial charge in [-0.15, -0.1) is 5.10 Å². The van der Waals surface area contributed by atoms with Crippen molar-refractivity contribution in [1.82, 2.24) is 39.3 Å². The van der Waals surface area contributed by atoms with Crippen LogP contribution in [0, 0.1) is 5.92 Å². The molecule has 2 unspecified atom stereocenters. The van der Waals surface area contributed by atoms with E-state index in [0.717, 1.165) is 6.42 Å². The Morgan fingerprint density at radius 3 is 2.61 bits per heavy atom. The van der Waals surface area contributed by atoms with Crippen LogP contribution in [0.2, 0.25) is 10.2 Å². The SMILES string of the molecule is CC1CCCCC(n2cnc(-c3cc(Cl)ccc3-n3cc(Cl)nn3)cc2=O)c2cc(ccn2)-n2nc(C(=O)O)cc2NC1=O. The topological polar surface area (TPSA) is 163 Å². The van der Waals surface area contributed by atoms with E-state index in [4.69, 9.17) is 23.2 Å². The van der Waals surface area contributed by atoms with Crippen LogP contribution in [-0.4, -0.2) is 56.3 Å². The number of carboxylic acids is 1. The van der Waals surface area contributed by atoms with Crippen molar-refractivity contribution in [3.8, 4) is 22.6 Å². The van der Waals surface area contributed by atoms with Gasteiger partial charge < -0.3 is 10.4 Å². The zero-order chi connectivity index (χ0) is 31.0. The number of carbonyl (C=O) groups is 2. The molecule has 1 aliphatic rings. The summed E-state index contributed by atoms with van der Waals surface area (Å²) in [5.74, 6) is -1.57. The molecule has 2 bridgehead atoms. The van der Waals surface area contributed by atoms with E-state index in [1.807, 2.05) is 6.92 Å². The van der Waals surface area contributed by atoms with Crippen LogP contribution < -0.4 is 10.9 Å². The number of nitrogens with one attached hydrogen (secondary N) is 1. The standard InChI is InChI=1S/C29H25Cl2N9O4/c1-16-4-2-3-5-24(21-11-18(8-9-32-21)40-26(34-28(16)42)12-22(36-40)29(43)44)38-15-33-20(13-27(38)41)19-10-17(30)6-7-23(19)39-14-25(31)35-37-39/h6-16,24H,2-5H2,1H3,(H,34,42)(H,43,44). The molecule has 2 atom stereocenters. The molecule has 0 fully saturated rings. The molecule has 1 amide bonds. The lowest BCUT2D eigenvalue weighted by Crippen LogP contribution is -2.26. The number of rotatable bonds is 4. The summed E-state index contributed by atoms with van der Waals surface area (Å²) in [6, 6.07) is 10.7. The summed E-state index contributed by atoms with van der Waals surface area (Å²) in [6.45, 7) is 1.82. The molecule has 0 aliphatic carbocycles. The molecule has 0 saturated carbocycles. The van der Waals surface area contributed by atoms with Crippen molar-refractivity contribution in [2.24, 2.45) is 5.92 Å². The maximum atomic E-state index is 13.7. The zero-order valence-corrected chi connectivity index (χ0v) is 24.8. The van der Waals surface area contributed by atoms with Gasteiger partial charge in [0, 0.05) is 34.8 Å². The summed E-state index contributed by atoms with van der Waals surface area (Å²) in [7, 11) is 0. The quantitative estimate of drug-likeness (QED) is 0.282. The number of carbonyl (C=O) groups excluding carboxylic acids is 1. The molecule has 0 saturated heterocycles. The largest absolute Gasteiger partial charge is 0.476 e. The maximum Gasteiger partial charge on any atom is 0.356 e. The van der Waals surface area contributed by atoms with Gasteiger partial charge >= 0.3 is 5.97 Å². The Kier molecular flexibility index (Phi) is 7.97. The highest BCUT2D eigenvalue weighted by molar-refractivity contribution is 6.31. The molecule has 13 nitrogen and oxygen atoms in total. The Bertz CT molecular complexity index is 1950. The number of aromatic nitrogens is 8. The van der Waals surface area contributed by atoms with Crippen LogP contribution in [0.3, 0.4) is 0 Å². The first kappa shape index (κ1) is 29.2. The second-order valence-corrected chi connectivity index (χ2v) is 11.3. The monoisotopic (exact) mass is 633 g/mol. The van der Waals surface area contributed by atoms with Crippen LogP contribution in [-0.2, 0) is 4.79 Å². The molecule has 1 aliphatic heterocycles. The average Bonchev–Trinajstić information content (AvgIpc) is 3.63. The average molecular weight is 634 g/mol. The van der Waals surface area contributed by atoms with Gasteiger partial charge in [0.05, 0.1) is 41.3 Å². The fourth-order valence-corrected chi connectivity index (χ4v) is 5.48. The van der Waals surface area contributed by atoms with E-state index in [1.165, 1.54) is 38.6 Å². The highest BCUT2D eigenvalue weighted by Gasteiger charge is 2.24. The zero-order valence-electron chi connectivity index (χ0n) is 23.3. The van der Waals surface area contributed by atoms with E-state index in [1.54, 1.807) is 36.5 Å². The number of pyridine rings is 1. The van der Waals surface area contributed by atoms with Crippen molar-refractivity contribution in [3.63, 3.8) is 0 Å². The molecular weight excluding hydrogens is 609 g/mol. The molecule has 5 heterocycles. The van der Waals surface area contributed by atoms with E-state index in [9.17, 15) is 19.5 Å². The van der Waals surface area contributed by atoms with Gasteiger partial charge in [0.15, 0.2) is 10.8 Å². The number of hydrogen-bond donors (Lipinski definition) is 2. The number of hydrogen-bond acceptors (Lipinski definition) is 8. The number of aromatic carboxylic acids is 1. The first-order valence-corrected chi connectivity index (χ1v) is 14.5. The summed E-state index contributed by atoms with van der Waals surface area (Å²) in [4.78, 5) is 47.5. The van der Waals surface area contributed by atoms with Crippen molar-refractivity contribution in [2.75, 3.05) is 5.32 Å². The number of nitrogens with zero attached hydrogens (tertiary/aromatic N) is 8. The molecule has 4 aromatic heterocycles. The number of benzene rings is 1. The Morgan fingerprint density at radius 1 is 1.05 bits per heavy atom. The Hall–Kier alpha value is -4.88. The van der Waals surface area contributed by atoms with E-state index in [0.29, 0.717) is 52.6 Å². The van der Waals surface area contributed by atoms with Crippen LogP contribution in [0.25, 0.3) is 22.6 Å². The number of fused-ring (bicyclic) bond motifs is 4. The first-order valence-electron chi connectivity index (χ1n) is 13.7. The van der Waals surface area contributed by atoms with E-state index in [2.05, 4.69) is 30.7 Å². The summed E-state index contributed by atoms with van der Waals surface area (Å²) >= 11 is 12.3. The Labute approximate surface area is 260 Å². The fraction of sp³-hybridized carbons (Fsp3) is 0.241. The predicted molar refractivity (Wildman–Crippen MR) is 162 cm³/mol. The second-order valence-electron chi connectivity index (χ2n) is 10.4. The minimum atomic E-state index is -1.23. The van der Waals surface area contributed by atoms with Crippen LogP contribution in [0.4, 0.5) is 5.82 Å². The molecule has 6 rings (SSSR count). The summed E-state index contributed by atoms with van der Waals surface area (Å²) in [5, 5.41) is 25.1. The number of halogens is 2. The lowest BCUT2D eigenvalue weighted by Gasteiger charge is -2.20. The van der Waals surface area contributed by atoms with Gasteiger partial charge in [-0.25, -0.2) is 19.1 Å². The molecule has 15 heteroatoms. The van der Waals surface area contributed by atoms with Crippen LogP contribution >= 0.6 is 23.2 Å². The molecule has 44 heavy (non-hydrogen) atoms. The number of anilines is 1. The van der Waals surface area contributed by atoms with Gasteiger partial charge in [-0.3, -0.25) is 19.1 Å². The minimum Gasteiger partial charge on any atom is -0.476 e. The van der Waals surface area contributed by atoms with Crippen molar-refractivity contribution < 1.29 is 14.7 Å². The maximum absolute atomic E-state index is 13.7. The molecule has 2 N–H and O–H groups in total. The fourth-order valence-electron chi connectivity index (χ4n) is 5.19. The Balaban J connectivity index is 1.43. The highest BCUT2D eigenvalue weighted by atomic mass is 35.5. The molecular formula is C29H25Cl2N9O4. The second kappa shape index (κ2) is 12.0. The van der Waals surface area contributed by atoms with Crippen molar-refractivity contribution >= 4 is 40.9 Å². The van der Waals surface area contributed by atoms with E-state index >= 15 is 0 Å². The molecule has 224 valence electrons. The van der Waals surface area contributed by atoms with Crippen molar-refractivity contribution in [3.05, 3.63) is 93.1 Å². The van der Waals surface area contributed by atoms with Crippen molar-refractivity contribution in [1.29, 1.82) is 0 Å². The van der Waals surface area contributed by atoms with Gasteiger partial charge in [0.25, 0.3) is 5.56 Å². The van der Waals surface area contributed by atoms with Gasteiger partial charge in [0.1, 0.15) is 5.82 Å². The summed E-state index contributed by atoms with van der Waals surface area (Å²) in [6.07, 6.45) is 7.14. The molecule has 0 radical (unpaired) electrons. The third kappa shape index (κ3) is 5.83. The molecule has 5 aromatic rings. The van der Waals surface area contributed by atoms with Gasteiger partial charge in [0.2, 0.25) is 5.91 Å². The van der Waals surface area contributed by atoms with Crippen LogP contribution in [0.5, 0.6) is 0 Å². The van der Waals surface area contributed by atoms with E-state index in [-0.39, 0.29) is 34.0 Å². The summed E-state index contributed by atoms with van der Waals surface area (Å²) in [5.41, 5.74) is 2.01. The van der Waals surface area contributed by atoms with Gasteiger partial charge in [-0.1, -0.05) is 48.2 Å². The smallest absolute Gasteiger partial charge is 0.356 e. The van der Waals surface area contributed by atoms with Crippen LogP contribution in [0.1, 0.15) is 54.8 Å². The van der Waals surface area contributed by atoms with Gasteiger partial charge in [-0.05, 0) is 43.2 Å². The lowest BCUT2D eigenvalue weighted by atomic mass is 9.99. The third-order valence-corrected chi connectivity index (χ3v) is 7.87. The normalized spacial score (nSPS) is 17.1. The number of carboxylic acid groups (broad SMARTS) is 1.